The van der Waals surface area contributed by atoms with Gasteiger partial charge >= 0.3 is 5.97 Å². The van der Waals surface area contributed by atoms with Gasteiger partial charge in [0.05, 0.1) is 0 Å². The van der Waals surface area contributed by atoms with Crippen molar-refractivity contribution in [2.75, 3.05) is 13.1 Å². The van der Waals surface area contributed by atoms with Gasteiger partial charge in [-0.15, -0.1) is 0 Å². The molecule has 0 aliphatic carbocycles. The van der Waals surface area contributed by atoms with Crippen LogP contribution in [-0.2, 0) is 11.2 Å². The average molecular weight is 297 g/mol. The topological polar surface area (TPSA) is 40.5 Å². The second-order valence-corrected chi connectivity index (χ2v) is 5.34. The number of rotatable bonds is 7. The molecule has 1 N–H and O–H groups in total. The highest BCUT2D eigenvalue weighted by Gasteiger charge is 2.23. The van der Waals surface area contributed by atoms with Crippen molar-refractivity contribution in [3.8, 4) is 11.1 Å². The summed E-state index contributed by atoms with van der Waals surface area (Å²) in [6, 6.07) is 17.9. The van der Waals surface area contributed by atoms with Crippen LogP contribution in [0.1, 0.15) is 19.4 Å². The molecule has 3 heteroatoms. The molecule has 2 aromatic carbocycles. The maximum absolute atomic E-state index is 11.5. The molecule has 0 radical (unpaired) electrons. The predicted octanol–water partition coefficient (Wildman–Crippen LogP) is 3.69. The van der Waals surface area contributed by atoms with E-state index in [1.165, 1.54) is 5.56 Å². The number of likely N-dealkylation sites (N-methyl/N-ethyl adjacent to an activating group) is 1. The van der Waals surface area contributed by atoms with Crippen LogP contribution in [0.2, 0.25) is 0 Å². The van der Waals surface area contributed by atoms with Crippen LogP contribution in [0.25, 0.3) is 11.1 Å². The summed E-state index contributed by atoms with van der Waals surface area (Å²) in [7, 11) is 0. The van der Waals surface area contributed by atoms with E-state index in [2.05, 4.69) is 24.3 Å². The minimum absolute atomic E-state index is 0.461. The molecular weight excluding hydrogens is 274 g/mol. The molecule has 0 saturated carbocycles. The molecule has 3 nitrogen and oxygen atoms in total. The Morgan fingerprint density at radius 3 is 2.00 bits per heavy atom. The first-order valence-corrected chi connectivity index (χ1v) is 7.77. The number of carbonyl (C=O) groups is 1. The van der Waals surface area contributed by atoms with E-state index in [1.54, 1.807) is 0 Å². The number of carboxylic acids is 1. The zero-order chi connectivity index (χ0) is 15.9. The smallest absolute Gasteiger partial charge is 0.321 e. The van der Waals surface area contributed by atoms with Crippen LogP contribution in [0.15, 0.2) is 54.6 Å². The van der Waals surface area contributed by atoms with Crippen molar-refractivity contribution in [2.24, 2.45) is 0 Å². The summed E-state index contributed by atoms with van der Waals surface area (Å²) in [5.74, 6) is -0.754. The van der Waals surface area contributed by atoms with Crippen molar-refractivity contribution in [1.82, 2.24) is 4.90 Å². The summed E-state index contributed by atoms with van der Waals surface area (Å²) < 4.78 is 0. The van der Waals surface area contributed by atoms with E-state index in [0.29, 0.717) is 6.42 Å². The van der Waals surface area contributed by atoms with Crippen LogP contribution in [-0.4, -0.2) is 35.1 Å². The lowest BCUT2D eigenvalue weighted by molar-refractivity contribution is -0.143. The van der Waals surface area contributed by atoms with Gasteiger partial charge in [0.1, 0.15) is 6.04 Å². The molecule has 0 saturated heterocycles. The molecule has 0 aliphatic rings. The van der Waals surface area contributed by atoms with E-state index in [4.69, 9.17) is 0 Å². The summed E-state index contributed by atoms with van der Waals surface area (Å²) in [6.45, 7) is 5.49. The molecular formula is C19H23NO2. The number of aliphatic carboxylic acids is 1. The van der Waals surface area contributed by atoms with E-state index in [-0.39, 0.29) is 0 Å². The maximum Gasteiger partial charge on any atom is 0.321 e. The van der Waals surface area contributed by atoms with Crippen LogP contribution in [0.5, 0.6) is 0 Å². The average Bonchev–Trinajstić information content (AvgIpc) is 2.56. The lowest BCUT2D eigenvalue weighted by Crippen LogP contribution is -2.42. The van der Waals surface area contributed by atoms with Crippen LogP contribution >= 0.6 is 0 Å². The molecule has 0 unspecified atom stereocenters. The third-order valence-electron chi connectivity index (χ3n) is 4.03. The van der Waals surface area contributed by atoms with Gasteiger partial charge in [-0.2, -0.15) is 0 Å². The second kappa shape index (κ2) is 7.76. The molecule has 22 heavy (non-hydrogen) atoms. The Kier molecular flexibility index (Phi) is 5.73. The van der Waals surface area contributed by atoms with Crippen LogP contribution in [0.3, 0.4) is 0 Å². The van der Waals surface area contributed by atoms with Crippen molar-refractivity contribution in [1.29, 1.82) is 0 Å². The Morgan fingerprint density at radius 1 is 0.955 bits per heavy atom. The van der Waals surface area contributed by atoms with Gasteiger partial charge in [0, 0.05) is 0 Å². The van der Waals surface area contributed by atoms with E-state index in [0.717, 1.165) is 24.2 Å². The molecule has 2 aromatic rings. The van der Waals surface area contributed by atoms with Crippen molar-refractivity contribution >= 4 is 5.97 Å². The molecule has 0 aromatic heterocycles. The van der Waals surface area contributed by atoms with Crippen LogP contribution < -0.4 is 0 Å². The van der Waals surface area contributed by atoms with Crippen LogP contribution in [0.4, 0.5) is 0 Å². The van der Waals surface area contributed by atoms with Gasteiger partial charge in [0.15, 0.2) is 0 Å². The predicted molar refractivity (Wildman–Crippen MR) is 89.9 cm³/mol. The Hall–Kier alpha value is -2.13. The van der Waals surface area contributed by atoms with E-state index in [9.17, 15) is 9.90 Å². The minimum Gasteiger partial charge on any atom is -0.480 e. The van der Waals surface area contributed by atoms with Gasteiger partial charge in [-0.3, -0.25) is 9.69 Å². The lowest BCUT2D eigenvalue weighted by Gasteiger charge is -2.26. The monoisotopic (exact) mass is 297 g/mol. The number of carboxylic acid groups (broad SMARTS) is 1. The Bertz CT molecular complexity index is 589. The summed E-state index contributed by atoms with van der Waals surface area (Å²) >= 11 is 0. The quantitative estimate of drug-likeness (QED) is 0.847. The lowest BCUT2D eigenvalue weighted by atomic mass is 10.00. The highest BCUT2D eigenvalue weighted by molar-refractivity contribution is 5.74. The molecule has 1 atom stereocenters. The highest BCUT2D eigenvalue weighted by atomic mass is 16.4. The van der Waals surface area contributed by atoms with Gasteiger partial charge in [-0.05, 0) is 36.2 Å². The number of hydrogen-bond acceptors (Lipinski definition) is 2. The second-order valence-electron chi connectivity index (χ2n) is 5.34. The summed E-state index contributed by atoms with van der Waals surface area (Å²) in [5.41, 5.74) is 3.38. The normalized spacial score (nSPS) is 12.3. The van der Waals surface area contributed by atoms with Crippen molar-refractivity contribution < 1.29 is 9.90 Å². The Morgan fingerprint density at radius 2 is 1.50 bits per heavy atom. The van der Waals surface area contributed by atoms with Gasteiger partial charge in [0.25, 0.3) is 0 Å². The van der Waals surface area contributed by atoms with Crippen LogP contribution in [0, 0.1) is 0 Å². The van der Waals surface area contributed by atoms with Gasteiger partial charge < -0.3 is 5.11 Å². The third-order valence-corrected chi connectivity index (χ3v) is 4.03. The number of nitrogens with zero attached hydrogens (tertiary/aromatic N) is 1. The molecule has 0 aliphatic heterocycles. The first-order chi connectivity index (χ1) is 10.7. The molecule has 0 fully saturated rings. The zero-order valence-electron chi connectivity index (χ0n) is 13.2. The fourth-order valence-corrected chi connectivity index (χ4v) is 2.72. The Labute approximate surface area is 132 Å². The minimum atomic E-state index is -0.754. The van der Waals surface area contributed by atoms with Gasteiger partial charge in [-0.25, -0.2) is 0 Å². The summed E-state index contributed by atoms with van der Waals surface area (Å²) in [4.78, 5) is 13.5. The molecule has 116 valence electrons. The standard InChI is InChI=1S/C19H23NO2/c1-3-20(4-2)18(19(21)22)14-15-10-12-17(13-11-15)16-8-6-5-7-9-16/h5-13,18H,3-4,14H2,1-2H3,(H,21,22)/t18-/m0/s1. The van der Waals surface area contributed by atoms with Crippen molar-refractivity contribution in [3.63, 3.8) is 0 Å². The Balaban J connectivity index is 2.14. The summed E-state index contributed by atoms with van der Waals surface area (Å²) in [5, 5.41) is 9.46. The van der Waals surface area contributed by atoms with E-state index in [1.807, 2.05) is 49.1 Å². The SMILES string of the molecule is CCN(CC)[C@@H](Cc1ccc(-c2ccccc2)cc1)C(=O)O. The summed E-state index contributed by atoms with van der Waals surface area (Å²) in [6.07, 6.45) is 0.534. The molecule has 2 rings (SSSR count). The van der Waals surface area contributed by atoms with Gasteiger partial charge in [0.2, 0.25) is 0 Å². The molecule has 0 amide bonds. The van der Waals surface area contributed by atoms with Crippen molar-refractivity contribution in [3.05, 3.63) is 60.2 Å². The fourth-order valence-electron chi connectivity index (χ4n) is 2.72. The molecule has 0 heterocycles. The fraction of sp³-hybridized carbons (Fsp3) is 0.316. The first kappa shape index (κ1) is 16.2. The van der Waals surface area contributed by atoms with E-state index < -0.39 is 12.0 Å². The highest BCUT2D eigenvalue weighted by Crippen LogP contribution is 2.20. The maximum atomic E-state index is 11.5. The first-order valence-electron chi connectivity index (χ1n) is 7.77. The number of benzene rings is 2. The zero-order valence-corrected chi connectivity index (χ0v) is 13.2. The molecule has 0 spiro atoms. The largest absolute Gasteiger partial charge is 0.480 e. The third kappa shape index (κ3) is 3.95. The van der Waals surface area contributed by atoms with Crippen molar-refractivity contribution in [2.45, 2.75) is 26.3 Å². The van der Waals surface area contributed by atoms with Gasteiger partial charge in [-0.1, -0.05) is 68.4 Å². The molecule has 0 bridgehead atoms. The number of hydrogen-bond donors (Lipinski definition) is 1. The van der Waals surface area contributed by atoms with E-state index >= 15 is 0 Å².